The Labute approximate surface area is 212 Å². The van der Waals surface area contributed by atoms with Crippen LogP contribution in [-0.4, -0.2) is 11.6 Å². The first-order valence-corrected chi connectivity index (χ1v) is 12.1. The molecule has 0 aliphatic heterocycles. The van der Waals surface area contributed by atoms with Crippen LogP contribution < -0.4 is 4.73 Å². The van der Waals surface area contributed by atoms with Crippen molar-refractivity contribution in [1.29, 1.82) is 0 Å². The van der Waals surface area contributed by atoms with Crippen molar-refractivity contribution in [1.82, 2.24) is 0 Å². The number of aromatic nitrogens is 1. The molecule has 4 rings (SSSR count). The van der Waals surface area contributed by atoms with Gasteiger partial charge in [-0.05, 0) is 49.3 Å². The lowest BCUT2D eigenvalue weighted by Gasteiger charge is -2.17. The normalized spacial score (nSPS) is 17.8. The number of ketones is 2. The Hall–Kier alpha value is -3.19. The SMILES string of the molecule is CC(=O)c1ccc(CC(=O)[C@H](C[C@@H]2C[C@H]2C)c2ccc(-c3c(C(F)F)ccc(Cl)c3F)c[n+]2[O-])cc1. The maximum absolute atomic E-state index is 14.7. The van der Waals surface area contributed by atoms with Crippen molar-refractivity contribution >= 4 is 23.2 Å². The number of hydrogen-bond donors (Lipinski definition) is 0. The molecular formula is C28H25ClF3NO3. The van der Waals surface area contributed by atoms with E-state index in [2.05, 4.69) is 6.92 Å². The number of halogens is 4. The molecule has 4 nitrogen and oxygen atoms in total. The molecule has 0 radical (unpaired) electrons. The van der Waals surface area contributed by atoms with Crippen molar-refractivity contribution in [2.45, 2.75) is 45.5 Å². The average molecular weight is 516 g/mol. The molecule has 2 aromatic carbocycles. The van der Waals surface area contributed by atoms with E-state index < -0.39 is 29.3 Å². The van der Waals surface area contributed by atoms with Crippen LogP contribution in [0.15, 0.2) is 54.7 Å². The van der Waals surface area contributed by atoms with E-state index in [1.54, 1.807) is 24.3 Å². The Balaban J connectivity index is 1.67. The summed E-state index contributed by atoms with van der Waals surface area (Å²) in [5.74, 6) is -1.23. The minimum Gasteiger partial charge on any atom is -0.618 e. The Morgan fingerprint density at radius 2 is 1.78 bits per heavy atom. The molecule has 0 unspecified atom stereocenters. The molecule has 0 spiro atoms. The van der Waals surface area contributed by atoms with Crippen molar-refractivity contribution in [3.63, 3.8) is 0 Å². The molecule has 1 aromatic heterocycles. The first-order chi connectivity index (χ1) is 17.1. The summed E-state index contributed by atoms with van der Waals surface area (Å²) in [7, 11) is 0. The maximum Gasteiger partial charge on any atom is 0.264 e. The zero-order valence-electron chi connectivity index (χ0n) is 19.8. The standard InChI is InChI=1S/C28H25ClF3NO3/c1-15-11-20(15)13-22(25(35)12-17-3-5-18(6-4-17)16(2)34)24-10-7-19(14-33(24)36)26-21(28(31)32)8-9-23(29)27(26)30/h3-10,14-15,20,22,28H,11-13H2,1-2H3/t15-,20+,22-/m1/s1. The minimum atomic E-state index is -2.97. The third kappa shape index (κ3) is 5.46. The van der Waals surface area contributed by atoms with Gasteiger partial charge in [0, 0.05) is 29.2 Å². The van der Waals surface area contributed by atoms with Gasteiger partial charge in [-0.15, -0.1) is 0 Å². The van der Waals surface area contributed by atoms with Crippen LogP contribution in [0, 0.1) is 22.9 Å². The number of pyridine rings is 1. The van der Waals surface area contributed by atoms with E-state index in [0.29, 0.717) is 28.6 Å². The summed E-state index contributed by atoms with van der Waals surface area (Å²) in [6.07, 6.45) is -0.426. The molecule has 0 bridgehead atoms. The second-order valence-electron chi connectivity index (χ2n) is 9.45. The van der Waals surface area contributed by atoms with Crippen LogP contribution in [0.2, 0.25) is 5.02 Å². The average Bonchev–Trinajstić information content (AvgIpc) is 3.53. The number of carbonyl (C=O) groups is 2. The molecule has 3 atom stereocenters. The number of rotatable bonds is 9. The molecule has 0 saturated heterocycles. The number of benzene rings is 2. The largest absolute Gasteiger partial charge is 0.618 e. The van der Waals surface area contributed by atoms with Gasteiger partial charge in [0.25, 0.3) is 6.43 Å². The predicted molar refractivity (Wildman–Crippen MR) is 131 cm³/mol. The van der Waals surface area contributed by atoms with E-state index in [9.17, 15) is 28.0 Å². The first kappa shape index (κ1) is 25.9. The van der Waals surface area contributed by atoms with Gasteiger partial charge in [0.2, 0.25) is 5.69 Å². The van der Waals surface area contributed by atoms with Crippen LogP contribution in [0.3, 0.4) is 0 Å². The zero-order valence-corrected chi connectivity index (χ0v) is 20.6. The maximum atomic E-state index is 14.7. The molecule has 3 aromatic rings. The highest BCUT2D eigenvalue weighted by molar-refractivity contribution is 6.31. The highest BCUT2D eigenvalue weighted by Crippen LogP contribution is 2.45. The second kappa shape index (κ2) is 10.4. The van der Waals surface area contributed by atoms with Gasteiger partial charge in [0.15, 0.2) is 17.8 Å². The summed E-state index contributed by atoms with van der Waals surface area (Å²) in [6, 6.07) is 11.6. The Bertz CT molecular complexity index is 1310. The van der Waals surface area contributed by atoms with Gasteiger partial charge >= 0.3 is 0 Å². The highest BCUT2D eigenvalue weighted by Gasteiger charge is 2.39. The third-order valence-corrected chi connectivity index (χ3v) is 7.19. The van der Waals surface area contributed by atoms with Crippen molar-refractivity contribution in [3.05, 3.63) is 93.2 Å². The van der Waals surface area contributed by atoms with Gasteiger partial charge in [0.05, 0.1) is 10.6 Å². The minimum absolute atomic E-state index is 0.0464. The Morgan fingerprint density at radius 3 is 2.33 bits per heavy atom. The second-order valence-corrected chi connectivity index (χ2v) is 9.86. The van der Waals surface area contributed by atoms with Crippen molar-refractivity contribution < 1.29 is 27.5 Å². The molecule has 188 valence electrons. The molecule has 8 heteroatoms. The third-order valence-electron chi connectivity index (χ3n) is 6.89. The number of hydrogen-bond acceptors (Lipinski definition) is 3. The van der Waals surface area contributed by atoms with E-state index in [-0.39, 0.29) is 34.3 Å². The van der Waals surface area contributed by atoms with Crippen molar-refractivity contribution in [2.75, 3.05) is 0 Å². The van der Waals surface area contributed by atoms with Crippen LogP contribution in [0.1, 0.15) is 66.2 Å². The Morgan fingerprint density at radius 1 is 1.11 bits per heavy atom. The van der Waals surface area contributed by atoms with Crippen molar-refractivity contribution in [2.24, 2.45) is 11.8 Å². The van der Waals surface area contributed by atoms with Crippen LogP contribution in [-0.2, 0) is 11.2 Å². The van der Waals surface area contributed by atoms with Crippen LogP contribution >= 0.6 is 11.6 Å². The smallest absolute Gasteiger partial charge is 0.264 e. The fourth-order valence-corrected chi connectivity index (χ4v) is 4.74. The van der Waals surface area contributed by atoms with Gasteiger partial charge in [-0.2, -0.15) is 4.73 Å². The highest BCUT2D eigenvalue weighted by atomic mass is 35.5. The number of alkyl halides is 2. The van der Waals surface area contributed by atoms with E-state index in [4.69, 9.17) is 11.6 Å². The summed E-state index contributed by atoms with van der Waals surface area (Å²) >= 11 is 5.82. The molecule has 0 amide bonds. The topological polar surface area (TPSA) is 61.1 Å². The Kier molecular flexibility index (Phi) is 7.50. The zero-order chi connectivity index (χ0) is 26.1. The van der Waals surface area contributed by atoms with Crippen LogP contribution in [0.4, 0.5) is 13.2 Å². The molecular weight excluding hydrogens is 491 g/mol. The molecule has 1 fully saturated rings. The summed E-state index contributed by atoms with van der Waals surface area (Å²) in [5.41, 5.74) is 0.393. The number of Topliss-reactive ketones (excluding diaryl/α,β-unsaturated/α-hetero) is 2. The summed E-state index contributed by atoms with van der Waals surface area (Å²) in [6.45, 7) is 3.54. The molecule has 36 heavy (non-hydrogen) atoms. The fraction of sp³-hybridized carbons (Fsp3) is 0.321. The summed E-state index contributed by atoms with van der Waals surface area (Å²) < 4.78 is 42.3. The van der Waals surface area contributed by atoms with Gasteiger partial charge in [-0.25, -0.2) is 13.2 Å². The van der Waals surface area contributed by atoms with Crippen LogP contribution in [0.5, 0.6) is 0 Å². The molecule has 1 heterocycles. The van der Waals surface area contributed by atoms with Crippen molar-refractivity contribution in [3.8, 4) is 11.1 Å². The van der Waals surface area contributed by atoms with E-state index in [1.165, 1.54) is 19.1 Å². The van der Waals surface area contributed by atoms with Crippen LogP contribution in [0.25, 0.3) is 11.1 Å². The fourth-order valence-electron chi connectivity index (χ4n) is 4.58. The first-order valence-electron chi connectivity index (χ1n) is 11.7. The van der Waals surface area contributed by atoms with Gasteiger partial charge in [-0.1, -0.05) is 48.9 Å². The lowest BCUT2D eigenvalue weighted by atomic mass is 9.88. The lowest BCUT2D eigenvalue weighted by Crippen LogP contribution is -2.36. The van der Waals surface area contributed by atoms with Gasteiger partial charge in [-0.3, -0.25) is 9.59 Å². The van der Waals surface area contributed by atoms with E-state index in [1.807, 2.05) is 0 Å². The predicted octanol–water partition coefficient (Wildman–Crippen LogP) is 6.86. The molecule has 1 saturated carbocycles. The number of carbonyl (C=O) groups excluding carboxylic acids is 2. The monoisotopic (exact) mass is 515 g/mol. The molecule has 0 N–H and O–H groups in total. The van der Waals surface area contributed by atoms with Gasteiger partial charge in [0.1, 0.15) is 11.7 Å². The molecule has 1 aliphatic carbocycles. The lowest BCUT2D eigenvalue weighted by molar-refractivity contribution is -0.614. The van der Waals surface area contributed by atoms with E-state index >= 15 is 0 Å². The number of nitrogens with zero attached hydrogens (tertiary/aromatic N) is 1. The van der Waals surface area contributed by atoms with Gasteiger partial charge < -0.3 is 5.21 Å². The quantitative estimate of drug-likeness (QED) is 0.178. The van der Waals surface area contributed by atoms with E-state index in [0.717, 1.165) is 30.3 Å². The molecule has 1 aliphatic rings. The summed E-state index contributed by atoms with van der Waals surface area (Å²) in [5, 5.41) is 12.7. The summed E-state index contributed by atoms with van der Waals surface area (Å²) in [4.78, 5) is 24.9.